The lowest BCUT2D eigenvalue weighted by atomic mass is 10.3. The molecule has 0 aliphatic carbocycles. The van der Waals surface area contributed by atoms with Crippen LogP contribution in [0.4, 0.5) is 0 Å². The second-order valence-electron chi connectivity index (χ2n) is 8.71. The molecule has 0 N–H and O–H groups in total. The van der Waals surface area contributed by atoms with E-state index in [4.69, 9.17) is 11.1 Å². The third-order valence-corrected chi connectivity index (χ3v) is 10.2. The van der Waals surface area contributed by atoms with Crippen molar-refractivity contribution in [3.8, 4) is 0 Å². The van der Waals surface area contributed by atoms with Gasteiger partial charge in [0.25, 0.3) is 0 Å². The Hall–Kier alpha value is 0.0438. The van der Waals surface area contributed by atoms with Crippen LogP contribution in [0.1, 0.15) is 0 Å². The van der Waals surface area contributed by atoms with E-state index in [-0.39, 0.29) is 0 Å². The van der Waals surface area contributed by atoms with Gasteiger partial charge in [-0.2, -0.15) is 11.1 Å². The molecule has 0 fully saturated rings. The predicted octanol–water partition coefficient (Wildman–Crippen LogP) is 9.93. The average molecular weight is 607 g/mol. The van der Waals surface area contributed by atoms with Crippen molar-refractivity contribution in [2.75, 3.05) is 0 Å². The highest BCUT2D eigenvalue weighted by molar-refractivity contribution is 9.10. The molecule has 2 aromatic carbocycles. The average Bonchev–Trinajstić information content (AvgIpc) is 3.18. The molecule has 0 saturated carbocycles. The van der Waals surface area contributed by atoms with Crippen LogP contribution < -0.4 is 4.50 Å². The van der Waals surface area contributed by atoms with Gasteiger partial charge in [-0.25, -0.2) is 0 Å². The number of hydrogen-bond donors (Lipinski definition) is 0. The zero-order valence-corrected chi connectivity index (χ0v) is 25.2. The molecule has 0 aliphatic heterocycles. The summed E-state index contributed by atoms with van der Waals surface area (Å²) in [6, 6.07) is 17.3. The Balaban J connectivity index is 0.000000175. The lowest BCUT2D eigenvalue weighted by molar-refractivity contribution is 1.76. The second-order valence-corrected chi connectivity index (χ2v) is 25.5. The van der Waals surface area contributed by atoms with E-state index in [0.29, 0.717) is 0 Å². The van der Waals surface area contributed by atoms with Crippen LogP contribution in [0.25, 0.3) is 20.2 Å². The van der Waals surface area contributed by atoms with Gasteiger partial charge in [0.2, 0.25) is 0 Å². The zero-order chi connectivity index (χ0) is 21.8. The number of rotatable bonds is 1. The third kappa shape index (κ3) is 8.97. The first-order valence-electron chi connectivity index (χ1n) is 9.34. The highest BCUT2D eigenvalue weighted by atomic mass is 79.9. The van der Waals surface area contributed by atoms with E-state index >= 15 is 0 Å². The molecule has 0 radical (unpaired) electrons. The summed E-state index contributed by atoms with van der Waals surface area (Å²) in [4.78, 5) is 0. The van der Waals surface area contributed by atoms with Crippen LogP contribution in [-0.2, 0) is 0 Å². The Labute approximate surface area is 206 Å². The number of hydrogen-bond acceptors (Lipinski definition) is 2. The summed E-state index contributed by atoms with van der Waals surface area (Å²) in [6.07, 6.45) is 0. The molecule has 4 rings (SSSR count). The van der Waals surface area contributed by atoms with E-state index in [0.717, 1.165) is 4.47 Å². The Kier molecular flexibility index (Phi) is 9.23. The molecule has 0 atom stereocenters. The maximum absolute atomic E-state index is 5.67. The summed E-state index contributed by atoms with van der Waals surface area (Å²) in [5.41, 5.74) is 0. The van der Waals surface area contributed by atoms with E-state index in [1.54, 1.807) is 15.8 Å². The highest BCUT2D eigenvalue weighted by Crippen LogP contribution is 2.25. The van der Waals surface area contributed by atoms with Crippen molar-refractivity contribution >= 4 is 106 Å². The Morgan fingerprint density at radius 3 is 1.79 bits per heavy atom. The summed E-state index contributed by atoms with van der Waals surface area (Å²) >= 11 is 16.3. The fourth-order valence-electron chi connectivity index (χ4n) is 2.30. The molecule has 29 heavy (non-hydrogen) atoms. The smallest absolute Gasteiger partial charge is 0.147 e. The van der Waals surface area contributed by atoms with Crippen molar-refractivity contribution in [3.05, 3.63) is 62.9 Å². The van der Waals surface area contributed by atoms with Gasteiger partial charge in [0.1, 0.15) is 7.38 Å². The topological polar surface area (TPSA) is 0 Å². The molecule has 4 aromatic rings. The van der Waals surface area contributed by atoms with Crippen LogP contribution in [0.15, 0.2) is 62.9 Å². The largest absolute Gasteiger partial charge is 0.168 e. The van der Waals surface area contributed by atoms with E-state index in [9.17, 15) is 0 Å². The monoisotopic (exact) mass is 604 g/mol. The molecular weight excluding hydrogens is 580 g/mol. The van der Waals surface area contributed by atoms with Crippen molar-refractivity contribution in [1.82, 2.24) is 0 Å². The normalized spacial score (nSPS) is 11.6. The number of fused-ring (bicyclic) bond motifs is 2. The van der Waals surface area contributed by atoms with Crippen LogP contribution >= 0.6 is 65.6 Å². The fourth-order valence-corrected chi connectivity index (χ4v) is 7.15. The highest BCUT2D eigenvalue weighted by Gasteiger charge is 2.19. The molecule has 0 spiro atoms. The third-order valence-electron chi connectivity index (χ3n) is 3.64. The Morgan fingerprint density at radius 2 is 1.24 bits per heavy atom. The molecule has 0 unspecified atom stereocenters. The second kappa shape index (κ2) is 10.6. The molecule has 0 amide bonds. The maximum atomic E-state index is 5.67. The molecular formula is C22H27Br2ClS2Si2. The minimum Gasteiger partial charge on any atom is -0.168 e. The molecule has 0 aliphatic rings. The quantitative estimate of drug-likeness (QED) is 0.149. The van der Waals surface area contributed by atoms with Gasteiger partial charge in [-0.1, -0.05) is 83.3 Å². The summed E-state index contributed by atoms with van der Waals surface area (Å²) < 4.78 is 6.66. The number of benzene rings is 2. The summed E-state index contributed by atoms with van der Waals surface area (Å²) in [7, 11) is -2.27. The van der Waals surface area contributed by atoms with Crippen LogP contribution in [0, 0.1) is 0 Å². The van der Waals surface area contributed by atoms with Crippen LogP contribution in [-0.4, -0.2) is 15.5 Å². The van der Waals surface area contributed by atoms with Crippen LogP contribution in [0.2, 0.25) is 39.3 Å². The first-order valence-corrected chi connectivity index (χ1v) is 20.6. The van der Waals surface area contributed by atoms with Crippen molar-refractivity contribution in [1.29, 1.82) is 0 Å². The van der Waals surface area contributed by atoms with Gasteiger partial charge in [-0.3, -0.25) is 0 Å². The fraction of sp³-hybridized carbons (Fsp3) is 0.273. The van der Waals surface area contributed by atoms with Crippen LogP contribution in [0.3, 0.4) is 0 Å². The van der Waals surface area contributed by atoms with Gasteiger partial charge >= 0.3 is 0 Å². The summed E-state index contributed by atoms with van der Waals surface area (Å²) in [6.45, 7) is 13.5. The van der Waals surface area contributed by atoms with Crippen molar-refractivity contribution in [2.24, 2.45) is 0 Å². The maximum Gasteiger partial charge on any atom is 0.147 e. The van der Waals surface area contributed by atoms with Crippen molar-refractivity contribution in [3.63, 3.8) is 0 Å². The first kappa shape index (κ1) is 25.3. The standard InChI is InChI=1S/C11H13BrSSi.C8H5BrS.C3H9ClSi/c1-14(2,3)11-6-8-4-5-9(12)7-10(8)13-11;9-7-2-1-6-3-4-10-8(6)5-7;1-5(2,3)4/h4-7H,1-3H3;1-5H;1-3H3. The van der Waals surface area contributed by atoms with Gasteiger partial charge in [-0.15, -0.1) is 22.7 Å². The molecule has 0 nitrogen and oxygen atoms in total. The number of halogens is 3. The van der Waals surface area contributed by atoms with E-state index in [1.165, 1.54) is 24.6 Å². The summed E-state index contributed by atoms with van der Waals surface area (Å²) in [5.74, 6) is 0. The van der Waals surface area contributed by atoms with Crippen LogP contribution in [0.5, 0.6) is 0 Å². The Morgan fingerprint density at radius 1 is 0.724 bits per heavy atom. The Bertz CT molecular complexity index is 1070. The minimum absolute atomic E-state index is 1.13. The van der Waals surface area contributed by atoms with E-state index < -0.39 is 15.5 Å². The lowest BCUT2D eigenvalue weighted by Crippen LogP contribution is -2.34. The minimum atomic E-state index is -1.14. The number of thiophene rings is 2. The van der Waals surface area contributed by atoms with E-state index in [2.05, 4.69) is 125 Å². The van der Waals surface area contributed by atoms with Gasteiger partial charge in [0.15, 0.2) is 0 Å². The molecule has 7 heteroatoms. The summed E-state index contributed by atoms with van der Waals surface area (Å²) in [5, 5.41) is 4.82. The van der Waals surface area contributed by atoms with E-state index in [1.807, 2.05) is 11.3 Å². The van der Waals surface area contributed by atoms with Crippen molar-refractivity contribution in [2.45, 2.75) is 39.3 Å². The lowest BCUT2D eigenvalue weighted by Gasteiger charge is -2.11. The zero-order valence-electron chi connectivity index (χ0n) is 17.6. The molecule has 156 valence electrons. The molecule has 2 heterocycles. The van der Waals surface area contributed by atoms with Gasteiger partial charge in [0, 0.05) is 18.3 Å². The van der Waals surface area contributed by atoms with Gasteiger partial charge < -0.3 is 0 Å². The van der Waals surface area contributed by atoms with Crippen molar-refractivity contribution < 1.29 is 0 Å². The molecule has 0 bridgehead atoms. The molecule has 2 aromatic heterocycles. The predicted molar refractivity (Wildman–Crippen MR) is 151 cm³/mol. The first-order chi connectivity index (χ1) is 13.3. The SMILES string of the molecule is Brc1ccc2ccsc2c1.C[Si](C)(C)Cl.C[Si](C)(C)c1cc2ccc(Br)cc2s1. The van der Waals surface area contributed by atoms with Gasteiger partial charge in [0.05, 0.1) is 8.07 Å². The van der Waals surface area contributed by atoms with Gasteiger partial charge in [-0.05, 0) is 57.1 Å². The molecule has 0 saturated heterocycles.